The van der Waals surface area contributed by atoms with E-state index in [1.165, 1.54) is 0 Å². The van der Waals surface area contributed by atoms with Crippen LogP contribution in [0.25, 0.3) is 0 Å². The van der Waals surface area contributed by atoms with Gasteiger partial charge in [0.05, 0.1) is 6.42 Å². The number of amides is 1. The van der Waals surface area contributed by atoms with E-state index < -0.39 is 5.97 Å². The van der Waals surface area contributed by atoms with E-state index in [2.05, 4.69) is 10.6 Å². The van der Waals surface area contributed by atoms with Gasteiger partial charge >= 0.3 is 5.97 Å². The molecule has 0 aromatic heterocycles. The second kappa shape index (κ2) is 6.34. The Bertz CT molecular complexity index is 558. The van der Waals surface area contributed by atoms with Crippen LogP contribution in [-0.2, 0) is 22.6 Å². The second-order valence-electron chi connectivity index (χ2n) is 4.85. The molecule has 0 unspecified atom stereocenters. The molecule has 2 rings (SSSR count). The van der Waals surface area contributed by atoms with Crippen molar-refractivity contribution < 1.29 is 14.7 Å². The molecule has 0 radical (unpaired) electrons. The molecule has 106 valence electrons. The average molecular weight is 274 g/mol. The van der Waals surface area contributed by atoms with Crippen molar-refractivity contribution in [3.8, 4) is 0 Å². The van der Waals surface area contributed by atoms with Gasteiger partial charge in [-0.3, -0.25) is 9.59 Å². The third-order valence-corrected chi connectivity index (χ3v) is 3.45. The average Bonchev–Trinajstić information content (AvgIpc) is 2.34. The molecule has 1 aliphatic heterocycles. The smallest absolute Gasteiger partial charge is 0.307 e. The summed E-state index contributed by atoms with van der Waals surface area (Å²) >= 11 is 0. The number of rotatable bonds is 5. The first-order valence-corrected chi connectivity index (χ1v) is 6.54. The highest BCUT2D eigenvalue weighted by molar-refractivity contribution is 5.93. The molecule has 1 heterocycles. The fourth-order valence-corrected chi connectivity index (χ4v) is 2.05. The number of benzene rings is 1. The molecule has 5 heteroatoms. The number of carboxylic acids is 1. The molecule has 0 saturated carbocycles. The lowest BCUT2D eigenvalue weighted by molar-refractivity contribution is -0.136. The fourth-order valence-electron chi connectivity index (χ4n) is 2.05. The van der Waals surface area contributed by atoms with Gasteiger partial charge in [-0.25, -0.2) is 0 Å². The quantitative estimate of drug-likeness (QED) is 0.696. The number of aliphatic carboxylic acids is 1. The van der Waals surface area contributed by atoms with E-state index in [0.29, 0.717) is 6.54 Å². The van der Waals surface area contributed by atoms with Crippen molar-refractivity contribution >= 4 is 11.9 Å². The SMILES string of the molecule is CC(C(=O)NCc1ccccc1CC(=O)O)=C1CNC1. The third kappa shape index (κ3) is 3.45. The number of hydrogen-bond acceptors (Lipinski definition) is 3. The monoisotopic (exact) mass is 274 g/mol. The number of hydrogen-bond donors (Lipinski definition) is 3. The van der Waals surface area contributed by atoms with Crippen molar-refractivity contribution in [2.45, 2.75) is 19.9 Å². The molecule has 3 N–H and O–H groups in total. The minimum Gasteiger partial charge on any atom is -0.481 e. The lowest BCUT2D eigenvalue weighted by atomic mass is 10.0. The predicted molar refractivity (Wildman–Crippen MR) is 75.2 cm³/mol. The van der Waals surface area contributed by atoms with E-state index in [9.17, 15) is 9.59 Å². The Morgan fingerprint density at radius 3 is 2.45 bits per heavy atom. The molecule has 0 bridgehead atoms. The van der Waals surface area contributed by atoms with Crippen molar-refractivity contribution in [1.82, 2.24) is 10.6 Å². The second-order valence-corrected chi connectivity index (χ2v) is 4.85. The summed E-state index contributed by atoms with van der Waals surface area (Å²) in [5.41, 5.74) is 3.45. The summed E-state index contributed by atoms with van der Waals surface area (Å²) in [6.45, 7) is 3.71. The lowest BCUT2D eigenvalue weighted by Gasteiger charge is -2.21. The van der Waals surface area contributed by atoms with Gasteiger partial charge in [-0.2, -0.15) is 0 Å². The minimum atomic E-state index is -0.873. The molecule has 1 aromatic rings. The zero-order valence-corrected chi connectivity index (χ0v) is 11.4. The normalized spacial score (nSPS) is 13.6. The summed E-state index contributed by atoms with van der Waals surface area (Å²) < 4.78 is 0. The highest BCUT2D eigenvalue weighted by Gasteiger charge is 2.16. The van der Waals surface area contributed by atoms with Crippen molar-refractivity contribution in [3.05, 3.63) is 46.5 Å². The van der Waals surface area contributed by atoms with Crippen LogP contribution < -0.4 is 10.6 Å². The molecular formula is C15H18N2O3. The summed E-state index contributed by atoms with van der Waals surface area (Å²) in [6, 6.07) is 7.26. The van der Waals surface area contributed by atoms with Gasteiger partial charge in [0, 0.05) is 25.2 Å². The molecule has 5 nitrogen and oxygen atoms in total. The van der Waals surface area contributed by atoms with Gasteiger partial charge in [0.2, 0.25) is 5.91 Å². The molecule has 1 fully saturated rings. The van der Waals surface area contributed by atoms with Gasteiger partial charge < -0.3 is 15.7 Å². The maximum atomic E-state index is 12.0. The van der Waals surface area contributed by atoms with Crippen LogP contribution in [0.1, 0.15) is 18.1 Å². The highest BCUT2D eigenvalue weighted by Crippen LogP contribution is 2.11. The number of nitrogens with one attached hydrogen (secondary N) is 2. The van der Waals surface area contributed by atoms with Crippen LogP contribution in [0.5, 0.6) is 0 Å². The topological polar surface area (TPSA) is 78.4 Å². The van der Waals surface area contributed by atoms with Crippen molar-refractivity contribution in [2.24, 2.45) is 0 Å². The van der Waals surface area contributed by atoms with Gasteiger partial charge in [0.1, 0.15) is 0 Å². The van der Waals surface area contributed by atoms with E-state index in [-0.39, 0.29) is 12.3 Å². The molecule has 1 amide bonds. The summed E-state index contributed by atoms with van der Waals surface area (Å²) in [5, 5.41) is 14.8. The lowest BCUT2D eigenvalue weighted by Crippen LogP contribution is -2.37. The Labute approximate surface area is 117 Å². The minimum absolute atomic E-state index is 0.0317. The zero-order valence-electron chi connectivity index (χ0n) is 11.4. The zero-order chi connectivity index (χ0) is 14.5. The summed E-state index contributed by atoms with van der Waals surface area (Å²) in [5.74, 6) is -0.964. The van der Waals surface area contributed by atoms with Crippen molar-refractivity contribution in [2.75, 3.05) is 13.1 Å². The van der Waals surface area contributed by atoms with E-state index in [0.717, 1.165) is 35.4 Å². The van der Waals surface area contributed by atoms with Crippen LogP contribution in [0.4, 0.5) is 0 Å². The molecular weight excluding hydrogens is 256 g/mol. The first-order valence-electron chi connectivity index (χ1n) is 6.54. The summed E-state index contributed by atoms with van der Waals surface area (Å²) in [7, 11) is 0. The van der Waals surface area contributed by atoms with Crippen LogP contribution >= 0.6 is 0 Å². The first-order chi connectivity index (χ1) is 9.58. The summed E-state index contributed by atoms with van der Waals surface area (Å²) in [6.07, 6.45) is -0.0317. The Morgan fingerprint density at radius 1 is 1.25 bits per heavy atom. The molecule has 0 atom stereocenters. The van der Waals surface area contributed by atoms with Gasteiger partial charge in [-0.15, -0.1) is 0 Å². The number of carboxylic acid groups (broad SMARTS) is 1. The molecule has 1 saturated heterocycles. The van der Waals surface area contributed by atoms with E-state index >= 15 is 0 Å². The maximum Gasteiger partial charge on any atom is 0.307 e. The standard InChI is InChI=1S/C15H18N2O3/c1-10(13-7-16-8-13)15(20)17-9-12-5-3-2-4-11(12)6-14(18)19/h2-5,16H,6-9H2,1H3,(H,17,20)(H,18,19). The van der Waals surface area contributed by atoms with E-state index in [1.54, 1.807) is 12.1 Å². The van der Waals surface area contributed by atoms with E-state index in [1.807, 2.05) is 19.1 Å². The Morgan fingerprint density at radius 2 is 1.90 bits per heavy atom. The Balaban J connectivity index is 2.00. The van der Waals surface area contributed by atoms with Crippen LogP contribution in [0.2, 0.25) is 0 Å². The fraction of sp³-hybridized carbons (Fsp3) is 0.333. The van der Waals surface area contributed by atoms with Crippen molar-refractivity contribution in [3.63, 3.8) is 0 Å². The molecule has 0 spiro atoms. The Kier molecular flexibility index (Phi) is 4.53. The third-order valence-electron chi connectivity index (χ3n) is 3.45. The van der Waals surface area contributed by atoms with Crippen LogP contribution in [0.15, 0.2) is 35.4 Å². The van der Waals surface area contributed by atoms with Gasteiger partial charge in [-0.05, 0) is 23.6 Å². The van der Waals surface area contributed by atoms with Gasteiger partial charge in [0.15, 0.2) is 0 Å². The first kappa shape index (κ1) is 14.3. The molecule has 20 heavy (non-hydrogen) atoms. The van der Waals surface area contributed by atoms with Crippen LogP contribution in [-0.4, -0.2) is 30.1 Å². The van der Waals surface area contributed by atoms with Gasteiger partial charge in [0.25, 0.3) is 0 Å². The van der Waals surface area contributed by atoms with Crippen LogP contribution in [0, 0.1) is 0 Å². The largest absolute Gasteiger partial charge is 0.481 e. The Hall–Kier alpha value is -2.14. The molecule has 0 aliphatic carbocycles. The molecule has 1 aliphatic rings. The molecule has 1 aromatic carbocycles. The number of carbonyl (C=O) groups excluding carboxylic acids is 1. The van der Waals surface area contributed by atoms with Gasteiger partial charge in [-0.1, -0.05) is 24.3 Å². The predicted octanol–water partition coefficient (Wildman–Crippen LogP) is 0.850. The van der Waals surface area contributed by atoms with Crippen molar-refractivity contribution in [1.29, 1.82) is 0 Å². The number of carbonyl (C=O) groups is 2. The summed E-state index contributed by atoms with van der Waals surface area (Å²) in [4.78, 5) is 22.8. The highest BCUT2D eigenvalue weighted by atomic mass is 16.4. The maximum absolute atomic E-state index is 12.0. The van der Waals surface area contributed by atoms with E-state index in [4.69, 9.17) is 5.11 Å². The van der Waals surface area contributed by atoms with Crippen LogP contribution in [0.3, 0.4) is 0 Å².